The summed E-state index contributed by atoms with van der Waals surface area (Å²) in [6.07, 6.45) is 2.88. The van der Waals surface area contributed by atoms with Gasteiger partial charge in [-0.1, -0.05) is 13.8 Å². The number of rotatable bonds is 7. The van der Waals surface area contributed by atoms with Crippen LogP contribution in [0.25, 0.3) is 0 Å². The second-order valence-electron chi connectivity index (χ2n) is 3.56. The summed E-state index contributed by atoms with van der Waals surface area (Å²) in [7, 11) is 1.96. The van der Waals surface area contributed by atoms with Gasteiger partial charge >= 0.3 is 0 Å². The lowest BCUT2D eigenvalue weighted by molar-refractivity contribution is 0.110. The zero-order valence-corrected chi connectivity index (χ0v) is 9.86. The van der Waals surface area contributed by atoms with Gasteiger partial charge in [0.05, 0.1) is 18.3 Å². The van der Waals surface area contributed by atoms with Gasteiger partial charge in [-0.25, -0.2) is 0 Å². The first kappa shape index (κ1) is 12.2. The van der Waals surface area contributed by atoms with E-state index < -0.39 is 0 Å². The fourth-order valence-corrected chi connectivity index (χ4v) is 1.57. The van der Waals surface area contributed by atoms with Crippen molar-refractivity contribution in [1.82, 2.24) is 15.1 Å². The van der Waals surface area contributed by atoms with Crippen molar-refractivity contribution in [2.45, 2.75) is 26.3 Å². The molecule has 4 heteroatoms. The molecule has 0 radical (unpaired) electrons. The van der Waals surface area contributed by atoms with Crippen molar-refractivity contribution in [3.8, 4) is 0 Å². The SMILES string of the molecule is CCCOCC(NCC)c1ccnn1C. The molecule has 0 amide bonds. The molecule has 1 heterocycles. The highest BCUT2D eigenvalue weighted by atomic mass is 16.5. The highest BCUT2D eigenvalue weighted by molar-refractivity contribution is 5.06. The van der Waals surface area contributed by atoms with Crippen LogP contribution in [0.5, 0.6) is 0 Å². The predicted octanol–water partition coefficient (Wildman–Crippen LogP) is 1.50. The van der Waals surface area contributed by atoms with Gasteiger partial charge in [0, 0.05) is 19.9 Å². The van der Waals surface area contributed by atoms with E-state index in [-0.39, 0.29) is 6.04 Å². The van der Waals surface area contributed by atoms with Crippen molar-refractivity contribution < 1.29 is 4.74 Å². The molecule has 4 nitrogen and oxygen atoms in total. The molecule has 0 fully saturated rings. The minimum Gasteiger partial charge on any atom is -0.379 e. The van der Waals surface area contributed by atoms with Crippen molar-refractivity contribution in [3.63, 3.8) is 0 Å². The van der Waals surface area contributed by atoms with Gasteiger partial charge in [0.2, 0.25) is 0 Å². The Morgan fingerprint density at radius 3 is 2.87 bits per heavy atom. The maximum atomic E-state index is 5.57. The summed E-state index contributed by atoms with van der Waals surface area (Å²) in [6, 6.07) is 2.27. The predicted molar refractivity (Wildman–Crippen MR) is 60.7 cm³/mol. The monoisotopic (exact) mass is 211 g/mol. The number of ether oxygens (including phenoxy) is 1. The lowest BCUT2D eigenvalue weighted by Gasteiger charge is -2.18. The maximum absolute atomic E-state index is 5.57. The number of hydrogen-bond acceptors (Lipinski definition) is 3. The minimum absolute atomic E-state index is 0.244. The fraction of sp³-hybridized carbons (Fsp3) is 0.727. The van der Waals surface area contributed by atoms with Crippen LogP contribution in [0.15, 0.2) is 12.3 Å². The standard InChI is InChI=1S/C11H21N3O/c1-4-8-15-9-10(12-5-2)11-6-7-13-14(11)3/h6-7,10,12H,4-5,8-9H2,1-3H3. The van der Waals surface area contributed by atoms with Gasteiger partial charge in [-0.2, -0.15) is 5.10 Å². The Kier molecular flexibility index (Phi) is 5.36. The molecule has 0 aliphatic carbocycles. The summed E-state index contributed by atoms with van der Waals surface area (Å²) in [5.74, 6) is 0. The first-order valence-corrected chi connectivity index (χ1v) is 5.58. The van der Waals surface area contributed by atoms with E-state index in [1.54, 1.807) is 0 Å². The molecular weight excluding hydrogens is 190 g/mol. The average Bonchev–Trinajstić information content (AvgIpc) is 2.64. The van der Waals surface area contributed by atoms with E-state index >= 15 is 0 Å². The van der Waals surface area contributed by atoms with Crippen LogP contribution >= 0.6 is 0 Å². The second-order valence-corrected chi connectivity index (χ2v) is 3.56. The fourth-order valence-electron chi connectivity index (χ4n) is 1.57. The maximum Gasteiger partial charge on any atom is 0.0729 e. The van der Waals surface area contributed by atoms with E-state index in [2.05, 4.69) is 24.3 Å². The number of aromatic nitrogens is 2. The molecule has 0 spiro atoms. The van der Waals surface area contributed by atoms with Crippen molar-refractivity contribution in [1.29, 1.82) is 0 Å². The third kappa shape index (κ3) is 3.64. The van der Waals surface area contributed by atoms with Gasteiger partial charge in [-0.05, 0) is 19.0 Å². The Labute approximate surface area is 91.6 Å². The summed E-state index contributed by atoms with van der Waals surface area (Å²) < 4.78 is 7.46. The molecule has 1 aromatic heterocycles. The van der Waals surface area contributed by atoms with Crippen molar-refractivity contribution in [2.24, 2.45) is 7.05 Å². The molecule has 0 aliphatic rings. The Hall–Kier alpha value is -0.870. The molecule has 86 valence electrons. The zero-order chi connectivity index (χ0) is 11.1. The summed E-state index contributed by atoms with van der Waals surface area (Å²) in [4.78, 5) is 0. The van der Waals surface area contributed by atoms with Crippen LogP contribution in [-0.2, 0) is 11.8 Å². The third-order valence-electron chi connectivity index (χ3n) is 2.30. The van der Waals surface area contributed by atoms with E-state index in [9.17, 15) is 0 Å². The van der Waals surface area contributed by atoms with Crippen molar-refractivity contribution >= 4 is 0 Å². The molecule has 0 bridgehead atoms. The summed E-state index contributed by atoms with van der Waals surface area (Å²) in [6.45, 7) is 6.68. The van der Waals surface area contributed by atoms with Gasteiger partial charge < -0.3 is 10.1 Å². The summed E-state index contributed by atoms with van der Waals surface area (Å²) in [5.41, 5.74) is 1.17. The van der Waals surface area contributed by atoms with Crippen LogP contribution in [0.2, 0.25) is 0 Å². The number of aryl methyl sites for hydroxylation is 1. The van der Waals surface area contributed by atoms with Gasteiger partial charge in [0.25, 0.3) is 0 Å². The number of hydrogen-bond donors (Lipinski definition) is 1. The van der Waals surface area contributed by atoms with E-state index in [0.717, 1.165) is 19.6 Å². The van der Waals surface area contributed by atoms with Crippen LogP contribution < -0.4 is 5.32 Å². The Balaban J connectivity index is 2.53. The number of nitrogens with zero attached hydrogens (tertiary/aromatic N) is 2. The Morgan fingerprint density at radius 1 is 1.53 bits per heavy atom. The van der Waals surface area contributed by atoms with Crippen LogP contribution in [-0.4, -0.2) is 29.5 Å². The number of likely N-dealkylation sites (N-methyl/N-ethyl adjacent to an activating group) is 1. The molecule has 15 heavy (non-hydrogen) atoms. The van der Waals surface area contributed by atoms with Crippen LogP contribution in [0.3, 0.4) is 0 Å². The summed E-state index contributed by atoms with van der Waals surface area (Å²) in [5, 5.41) is 7.57. The first-order chi connectivity index (χ1) is 7.29. The molecule has 1 atom stereocenters. The highest BCUT2D eigenvalue weighted by Crippen LogP contribution is 2.11. The lowest BCUT2D eigenvalue weighted by Crippen LogP contribution is -2.27. The third-order valence-corrected chi connectivity index (χ3v) is 2.30. The van der Waals surface area contributed by atoms with E-state index in [1.807, 2.05) is 24.0 Å². The second kappa shape index (κ2) is 6.58. The molecule has 1 rings (SSSR count). The molecule has 1 aromatic rings. The Bertz CT molecular complexity index is 273. The molecule has 1 unspecified atom stereocenters. The molecule has 0 aliphatic heterocycles. The topological polar surface area (TPSA) is 39.1 Å². The van der Waals surface area contributed by atoms with E-state index in [1.165, 1.54) is 5.69 Å². The Morgan fingerprint density at radius 2 is 2.33 bits per heavy atom. The molecule has 0 saturated heterocycles. The molecule has 0 aromatic carbocycles. The molecular formula is C11H21N3O. The molecule has 1 N–H and O–H groups in total. The van der Waals surface area contributed by atoms with Gasteiger partial charge in [0.15, 0.2) is 0 Å². The van der Waals surface area contributed by atoms with Gasteiger partial charge in [-0.15, -0.1) is 0 Å². The highest BCUT2D eigenvalue weighted by Gasteiger charge is 2.13. The van der Waals surface area contributed by atoms with E-state index in [0.29, 0.717) is 6.61 Å². The first-order valence-electron chi connectivity index (χ1n) is 5.58. The minimum atomic E-state index is 0.244. The van der Waals surface area contributed by atoms with Gasteiger partial charge in [-0.3, -0.25) is 4.68 Å². The quantitative estimate of drug-likeness (QED) is 0.695. The van der Waals surface area contributed by atoms with Crippen molar-refractivity contribution in [2.75, 3.05) is 19.8 Å². The normalized spacial score (nSPS) is 13.0. The largest absolute Gasteiger partial charge is 0.379 e. The zero-order valence-electron chi connectivity index (χ0n) is 9.86. The van der Waals surface area contributed by atoms with Crippen LogP contribution in [0.4, 0.5) is 0 Å². The molecule has 0 saturated carbocycles. The lowest BCUT2D eigenvalue weighted by atomic mass is 10.2. The smallest absolute Gasteiger partial charge is 0.0729 e. The van der Waals surface area contributed by atoms with Gasteiger partial charge in [0.1, 0.15) is 0 Å². The van der Waals surface area contributed by atoms with E-state index in [4.69, 9.17) is 4.74 Å². The number of nitrogens with one attached hydrogen (secondary N) is 1. The average molecular weight is 211 g/mol. The van der Waals surface area contributed by atoms with Crippen molar-refractivity contribution in [3.05, 3.63) is 18.0 Å². The summed E-state index contributed by atoms with van der Waals surface area (Å²) >= 11 is 0. The van der Waals surface area contributed by atoms with Crippen LogP contribution in [0, 0.1) is 0 Å². The van der Waals surface area contributed by atoms with Crippen LogP contribution in [0.1, 0.15) is 32.0 Å².